The van der Waals surface area contributed by atoms with Crippen LogP contribution in [0.1, 0.15) is 48.4 Å². The molecule has 1 atom stereocenters. The number of nitrogens with zero attached hydrogens (tertiary/aromatic N) is 4. The Morgan fingerprint density at radius 1 is 0.971 bits per heavy atom. The molecule has 1 aromatic heterocycles. The maximum atomic E-state index is 12.8. The Kier molecular flexibility index (Phi) is 8.84. The van der Waals surface area contributed by atoms with E-state index in [-0.39, 0.29) is 30.7 Å². The van der Waals surface area contributed by atoms with Gasteiger partial charge in [0.1, 0.15) is 5.01 Å². The van der Waals surface area contributed by atoms with Gasteiger partial charge in [-0.1, -0.05) is 72.3 Å². The van der Waals surface area contributed by atoms with Crippen molar-refractivity contribution in [1.82, 2.24) is 20.0 Å². The smallest absolute Gasteiger partial charge is 0.226 e. The Bertz CT molecular complexity index is 1110. The molecule has 184 valence electrons. The molecule has 2 aromatic carbocycles. The number of rotatable bonds is 9. The zero-order valence-electron chi connectivity index (χ0n) is 19.8. The normalized spacial score (nSPS) is 15.1. The molecule has 1 saturated heterocycles. The van der Waals surface area contributed by atoms with Crippen LogP contribution in [0, 0.1) is 0 Å². The van der Waals surface area contributed by atoms with E-state index in [1.54, 1.807) is 0 Å². The third kappa shape index (κ3) is 6.87. The van der Waals surface area contributed by atoms with Crippen molar-refractivity contribution in [2.45, 2.75) is 38.6 Å². The van der Waals surface area contributed by atoms with Gasteiger partial charge < -0.3 is 10.2 Å². The Hall–Kier alpha value is -2.81. The molecule has 0 bridgehead atoms. The van der Waals surface area contributed by atoms with Crippen molar-refractivity contribution >= 4 is 39.9 Å². The van der Waals surface area contributed by atoms with E-state index in [4.69, 9.17) is 11.6 Å². The molecule has 1 aliphatic heterocycles. The SMILES string of the molecule is CCCc1nnc(NC(=O)CCC(=O)N2CCN([C@H](c3ccccc3)c3ccc(Cl)cc3)CC2)s1. The van der Waals surface area contributed by atoms with Crippen LogP contribution in [0.4, 0.5) is 5.13 Å². The Morgan fingerprint density at radius 2 is 1.66 bits per heavy atom. The van der Waals surface area contributed by atoms with Crippen molar-refractivity contribution in [3.63, 3.8) is 0 Å². The van der Waals surface area contributed by atoms with Gasteiger partial charge >= 0.3 is 0 Å². The van der Waals surface area contributed by atoms with Gasteiger partial charge in [-0.15, -0.1) is 10.2 Å². The third-order valence-corrected chi connectivity index (χ3v) is 7.23. The number of halogens is 1. The van der Waals surface area contributed by atoms with Gasteiger partial charge in [-0.2, -0.15) is 0 Å². The summed E-state index contributed by atoms with van der Waals surface area (Å²) in [6.07, 6.45) is 2.15. The van der Waals surface area contributed by atoms with Gasteiger partial charge in [0, 0.05) is 50.5 Å². The lowest BCUT2D eigenvalue weighted by atomic mass is 9.96. The molecule has 0 saturated carbocycles. The van der Waals surface area contributed by atoms with Crippen LogP contribution in [0.3, 0.4) is 0 Å². The summed E-state index contributed by atoms with van der Waals surface area (Å²) in [5, 5.41) is 12.9. The zero-order valence-corrected chi connectivity index (χ0v) is 21.4. The standard InChI is InChI=1S/C26H30ClN5O2S/c1-2-6-23-29-30-26(35-23)28-22(33)13-14-24(34)31-15-17-32(18-16-31)25(19-7-4-3-5-8-19)20-9-11-21(27)12-10-20/h3-5,7-12,25H,2,6,13-18H2,1H3,(H,28,30,33)/t25-/m1/s1. The molecule has 7 nitrogen and oxygen atoms in total. The monoisotopic (exact) mass is 511 g/mol. The highest BCUT2D eigenvalue weighted by molar-refractivity contribution is 7.15. The van der Waals surface area contributed by atoms with E-state index in [1.807, 2.05) is 23.1 Å². The first-order valence-corrected chi connectivity index (χ1v) is 13.2. The first kappa shape index (κ1) is 25.3. The van der Waals surface area contributed by atoms with Crippen LogP contribution in [-0.4, -0.2) is 58.0 Å². The van der Waals surface area contributed by atoms with Crippen LogP contribution in [-0.2, 0) is 16.0 Å². The molecule has 2 amide bonds. The Morgan fingerprint density at radius 3 is 2.34 bits per heavy atom. The fourth-order valence-corrected chi connectivity index (χ4v) is 5.29. The molecule has 1 aliphatic rings. The van der Waals surface area contributed by atoms with Gasteiger partial charge in [-0.3, -0.25) is 14.5 Å². The minimum Gasteiger partial charge on any atom is -0.340 e. The van der Waals surface area contributed by atoms with E-state index in [2.05, 4.69) is 63.7 Å². The topological polar surface area (TPSA) is 78.4 Å². The van der Waals surface area contributed by atoms with Gasteiger partial charge in [0.05, 0.1) is 6.04 Å². The number of anilines is 1. The van der Waals surface area contributed by atoms with Crippen molar-refractivity contribution in [3.8, 4) is 0 Å². The summed E-state index contributed by atoms with van der Waals surface area (Å²) in [4.78, 5) is 29.3. The number of amides is 2. The second-order valence-corrected chi connectivity index (χ2v) is 10.1. The molecule has 4 rings (SSSR count). The minimum absolute atomic E-state index is 0.00601. The summed E-state index contributed by atoms with van der Waals surface area (Å²) >= 11 is 7.51. The van der Waals surface area contributed by atoms with Crippen LogP contribution in [0.5, 0.6) is 0 Å². The summed E-state index contributed by atoms with van der Waals surface area (Å²) in [6.45, 7) is 4.85. The molecule has 0 spiro atoms. The minimum atomic E-state index is -0.205. The van der Waals surface area contributed by atoms with E-state index in [0.29, 0.717) is 23.2 Å². The summed E-state index contributed by atoms with van der Waals surface area (Å²) < 4.78 is 0. The Labute approximate surface area is 215 Å². The van der Waals surface area contributed by atoms with Crippen LogP contribution < -0.4 is 5.32 Å². The first-order valence-electron chi connectivity index (χ1n) is 12.0. The molecular weight excluding hydrogens is 482 g/mol. The first-order chi connectivity index (χ1) is 17.0. The van der Waals surface area contributed by atoms with Crippen LogP contribution in [0.25, 0.3) is 0 Å². The summed E-state index contributed by atoms with van der Waals surface area (Å²) in [5.41, 5.74) is 2.39. The van der Waals surface area contributed by atoms with Crippen molar-refractivity contribution in [1.29, 1.82) is 0 Å². The van der Waals surface area contributed by atoms with E-state index >= 15 is 0 Å². The molecule has 9 heteroatoms. The van der Waals surface area contributed by atoms with E-state index in [1.165, 1.54) is 22.5 Å². The average Bonchev–Trinajstić information content (AvgIpc) is 3.32. The number of piperazine rings is 1. The maximum absolute atomic E-state index is 12.8. The van der Waals surface area contributed by atoms with Crippen LogP contribution >= 0.6 is 22.9 Å². The lowest BCUT2D eigenvalue weighted by molar-refractivity contribution is -0.134. The number of aromatic nitrogens is 2. The van der Waals surface area contributed by atoms with Crippen LogP contribution in [0.2, 0.25) is 5.02 Å². The van der Waals surface area contributed by atoms with E-state index < -0.39 is 0 Å². The number of benzene rings is 2. The fourth-order valence-electron chi connectivity index (χ4n) is 4.30. The van der Waals surface area contributed by atoms with Crippen molar-refractivity contribution in [3.05, 3.63) is 75.8 Å². The third-order valence-electron chi connectivity index (χ3n) is 6.08. The lowest BCUT2D eigenvalue weighted by Gasteiger charge is -2.40. The highest BCUT2D eigenvalue weighted by atomic mass is 35.5. The maximum Gasteiger partial charge on any atom is 0.226 e. The quantitative estimate of drug-likeness (QED) is 0.446. The molecule has 0 radical (unpaired) electrons. The molecule has 0 aliphatic carbocycles. The second-order valence-electron chi connectivity index (χ2n) is 8.58. The van der Waals surface area contributed by atoms with E-state index in [0.717, 1.165) is 30.9 Å². The average molecular weight is 512 g/mol. The molecule has 1 fully saturated rings. The molecule has 1 N–H and O–H groups in total. The summed E-state index contributed by atoms with van der Waals surface area (Å²) in [7, 11) is 0. The van der Waals surface area contributed by atoms with Crippen molar-refractivity contribution in [2.75, 3.05) is 31.5 Å². The summed E-state index contributed by atoms with van der Waals surface area (Å²) in [6, 6.07) is 18.5. The van der Waals surface area contributed by atoms with Crippen molar-refractivity contribution < 1.29 is 9.59 Å². The van der Waals surface area contributed by atoms with E-state index in [9.17, 15) is 9.59 Å². The van der Waals surface area contributed by atoms with Crippen molar-refractivity contribution in [2.24, 2.45) is 0 Å². The summed E-state index contributed by atoms with van der Waals surface area (Å²) in [5.74, 6) is -0.199. The van der Waals surface area contributed by atoms with Gasteiger partial charge in [0.25, 0.3) is 0 Å². The number of nitrogens with one attached hydrogen (secondary N) is 1. The van der Waals surface area contributed by atoms with Gasteiger partial charge in [0.2, 0.25) is 16.9 Å². The molecule has 35 heavy (non-hydrogen) atoms. The predicted octanol–water partition coefficient (Wildman–Crippen LogP) is 4.80. The highest BCUT2D eigenvalue weighted by Gasteiger charge is 2.28. The largest absolute Gasteiger partial charge is 0.340 e. The van der Waals surface area contributed by atoms with Gasteiger partial charge in [-0.05, 0) is 29.7 Å². The number of aryl methyl sites for hydroxylation is 1. The molecule has 0 unspecified atom stereocenters. The predicted molar refractivity (Wildman–Crippen MR) is 140 cm³/mol. The zero-order chi connectivity index (χ0) is 24.6. The molecule has 3 aromatic rings. The van der Waals surface area contributed by atoms with Crippen LogP contribution in [0.15, 0.2) is 54.6 Å². The fraction of sp³-hybridized carbons (Fsp3) is 0.385. The highest BCUT2D eigenvalue weighted by Crippen LogP contribution is 2.30. The Balaban J connectivity index is 1.30. The number of hydrogen-bond donors (Lipinski definition) is 1. The lowest BCUT2D eigenvalue weighted by Crippen LogP contribution is -2.50. The second kappa shape index (κ2) is 12.2. The molecular formula is C26H30ClN5O2S. The number of carbonyl (C=O) groups excluding carboxylic acids is 2. The number of carbonyl (C=O) groups is 2. The molecule has 2 heterocycles. The number of hydrogen-bond acceptors (Lipinski definition) is 6. The van der Waals surface area contributed by atoms with Gasteiger partial charge in [0.15, 0.2) is 0 Å². The van der Waals surface area contributed by atoms with Gasteiger partial charge in [-0.25, -0.2) is 0 Å².